The average molecular weight is 502 g/mol. The van der Waals surface area contributed by atoms with E-state index in [4.69, 9.17) is 11.6 Å². The number of benzene rings is 2. The number of hydrogen-bond acceptors (Lipinski definition) is 4. The van der Waals surface area contributed by atoms with Gasteiger partial charge in [-0.3, -0.25) is 4.79 Å². The molecule has 0 saturated heterocycles. The van der Waals surface area contributed by atoms with E-state index in [1.54, 1.807) is 0 Å². The van der Waals surface area contributed by atoms with E-state index in [0.29, 0.717) is 25.0 Å². The number of rotatable bonds is 5. The minimum atomic E-state index is -3.86. The predicted octanol–water partition coefficient (Wildman–Crippen LogP) is 4.97. The monoisotopic (exact) mass is 501 g/mol. The van der Waals surface area contributed by atoms with Crippen LogP contribution in [0.25, 0.3) is 0 Å². The van der Waals surface area contributed by atoms with Crippen LogP contribution in [0.5, 0.6) is 0 Å². The number of carbonyl (C=O) groups excluding carboxylic acids is 1. The standard InChI is InChI=1S/C23H23ClF3NO4S/c24-18-5-4-14(23(30)28-15-9-19(25)22(27)20(26)10-15)8-21(18)33(31,32)11-17-12-2-1-3-13(17)7-16(29)6-12/h4-5,8-10,12-13,16-17,29H,1-3,6-7,11H2,(H,28,30)/t12-,13?,16?,17?/m0/s1. The highest BCUT2D eigenvalue weighted by molar-refractivity contribution is 7.91. The Kier molecular flexibility index (Phi) is 6.75. The molecule has 2 saturated carbocycles. The van der Waals surface area contributed by atoms with Crippen molar-refractivity contribution >= 4 is 33.0 Å². The van der Waals surface area contributed by atoms with Crippen molar-refractivity contribution < 1.29 is 31.5 Å². The third-order valence-electron chi connectivity index (χ3n) is 6.69. The zero-order valence-corrected chi connectivity index (χ0v) is 19.1. The van der Waals surface area contributed by atoms with E-state index in [1.165, 1.54) is 12.1 Å². The maximum absolute atomic E-state index is 13.4. The molecule has 178 valence electrons. The van der Waals surface area contributed by atoms with Gasteiger partial charge in [0.1, 0.15) is 0 Å². The molecule has 1 amide bonds. The highest BCUT2D eigenvalue weighted by Gasteiger charge is 2.42. The number of anilines is 1. The van der Waals surface area contributed by atoms with Gasteiger partial charge < -0.3 is 10.4 Å². The quantitative estimate of drug-likeness (QED) is 0.567. The number of aliphatic hydroxyl groups is 1. The fraction of sp³-hybridized carbons (Fsp3) is 0.435. The van der Waals surface area contributed by atoms with Crippen LogP contribution in [0.2, 0.25) is 5.02 Å². The van der Waals surface area contributed by atoms with E-state index in [2.05, 4.69) is 5.32 Å². The zero-order chi connectivity index (χ0) is 23.9. The molecule has 2 aliphatic carbocycles. The summed E-state index contributed by atoms with van der Waals surface area (Å²) >= 11 is 6.17. The number of carbonyl (C=O) groups is 1. The second kappa shape index (κ2) is 9.27. The van der Waals surface area contributed by atoms with Crippen LogP contribution >= 0.6 is 11.6 Å². The Balaban J connectivity index is 1.57. The van der Waals surface area contributed by atoms with Crippen molar-refractivity contribution in [2.45, 2.75) is 43.1 Å². The lowest BCUT2D eigenvalue weighted by Gasteiger charge is -2.44. The maximum atomic E-state index is 13.4. The first kappa shape index (κ1) is 24.0. The van der Waals surface area contributed by atoms with Gasteiger partial charge in [-0.2, -0.15) is 0 Å². The second-order valence-electron chi connectivity index (χ2n) is 8.87. The van der Waals surface area contributed by atoms with Gasteiger partial charge in [0.2, 0.25) is 0 Å². The van der Waals surface area contributed by atoms with Crippen molar-refractivity contribution in [1.29, 1.82) is 0 Å². The van der Waals surface area contributed by atoms with E-state index in [1.807, 2.05) is 0 Å². The van der Waals surface area contributed by atoms with Gasteiger partial charge in [0, 0.05) is 23.4 Å². The number of amides is 1. The first-order valence-electron chi connectivity index (χ1n) is 10.7. The lowest BCUT2D eigenvalue weighted by molar-refractivity contribution is 0.00684. The highest BCUT2D eigenvalue weighted by atomic mass is 35.5. The summed E-state index contributed by atoms with van der Waals surface area (Å²) in [5.74, 6) is -5.40. The Bertz CT molecular complexity index is 1150. The van der Waals surface area contributed by atoms with Gasteiger partial charge in [-0.15, -0.1) is 0 Å². The average Bonchev–Trinajstić information content (AvgIpc) is 2.72. The minimum Gasteiger partial charge on any atom is -0.393 e. The van der Waals surface area contributed by atoms with E-state index in [0.717, 1.165) is 25.3 Å². The van der Waals surface area contributed by atoms with Gasteiger partial charge in [0.15, 0.2) is 27.3 Å². The smallest absolute Gasteiger partial charge is 0.255 e. The molecule has 33 heavy (non-hydrogen) atoms. The van der Waals surface area contributed by atoms with Gasteiger partial charge in [-0.25, -0.2) is 21.6 Å². The fourth-order valence-electron chi connectivity index (χ4n) is 5.16. The molecule has 0 aliphatic heterocycles. The van der Waals surface area contributed by atoms with Crippen LogP contribution in [0.15, 0.2) is 35.2 Å². The summed E-state index contributed by atoms with van der Waals surface area (Å²) in [4.78, 5) is 12.4. The van der Waals surface area contributed by atoms with Crippen molar-refractivity contribution in [3.8, 4) is 0 Å². The predicted molar refractivity (Wildman–Crippen MR) is 117 cm³/mol. The highest BCUT2D eigenvalue weighted by Crippen LogP contribution is 2.46. The number of halogens is 4. The zero-order valence-electron chi connectivity index (χ0n) is 17.5. The molecule has 4 rings (SSSR count). The topological polar surface area (TPSA) is 83.5 Å². The van der Waals surface area contributed by atoms with Crippen molar-refractivity contribution in [2.24, 2.45) is 17.8 Å². The lowest BCUT2D eigenvalue weighted by Crippen LogP contribution is -2.41. The van der Waals surface area contributed by atoms with Crippen molar-refractivity contribution in [1.82, 2.24) is 0 Å². The van der Waals surface area contributed by atoms with Crippen LogP contribution < -0.4 is 5.32 Å². The second-order valence-corrected chi connectivity index (χ2v) is 11.3. The number of hydrogen-bond donors (Lipinski definition) is 2. The van der Waals surface area contributed by atoms with Crippen molar-refractivity contribution in [2.75, 3.05) is 11.1 Å². The first-order valence-corrected chi connectivity index (χ1v) is 12.7. The lowest BCUT2D eigenvalue weighted by atomic mass is 9.64. The Morgan fingerprint density at radius 3 is 2.27 bits per heavy atom. The maximum Gasteiger partial charge on any atom is 0.255 e. The molecular weight excluding hydrogens is 479 g/mol. The van der Waals surface area contributed by atoms with Crippen LogP contribution in [-0.2, 0) is 9.84 Å². The molecule has 0 radical (unpaired) electrons. The molecule has 2 bridgehead atoms. The molecule has 5 nitrogen and oxygen atoms in total. The number of nitrogens with one attached hydrogen (secondary N) is 1. The number of sulfone groups is 1. The van der Waals surface area contributed by atoms with Crippen LogP contribution in [0.3, 0.4) is 0 Å². The molecule has 2 aliphatic rings. The van der Waals surface area contributed by atoms with E-state index < -0.39 is 39.3 Å². The summed E-state index contributed by atoms with van der Waals surface area (Å²) in [5, 5.41) is 12.3. The Hall–Kier alpha value is -2.10. The van der Waals surface area contributed by atoms with Crippen molar-refractivity contribution in [3.05, 3.63) is 58.4 Å². The summed E-state index contributed by atoms with van der Waals surface area (Å²) in [6.45, 7) is 0. The summed E-state index contributed by atoms with van der Waals surface area (Å²) in [7, 11) is -3.86. The summed E-state index contributed by atoms with van der Waals surface area (Å²) in [6.07, 6.45) is 3.51. The third kappa shape index (κ3) is 5.05. The van der Waals surface area contributed by atoms with Crippen LogP contribution in [0.4, 0.5) is 18.9 Å². The van der Waals surface area contributed by atoms with Crippen LogP contribution in [-0.4, -0.2) is 31.3 Å². The number of aliphatic hydroxyl groups excluding tert-OH is 1. The molecule has 2 aromatic rings. The molecular formula is C23H23ClF3NO4S. The molecule has 0 spiro atoms. The molecule has 2 N–H and O–H groups in total. The van der Waals surface area contributed by atoms with Gasteiger partial charge in [0.25, 0.3) is 5.91 Å². The van der Waals surface area contributed by atoms with Gasteiger partial charge in [-0.1, -0.05) is 30.9 Å². The molecule has 3 unspecified atom stereocenters. The molecule has 0 heterocycles. The van der Waals surface area contributed by atoms with E-state index >= 15 is 0 Å². The molecule has 4 atom stereocenters. The van der Waals surface area contributed by atoms with Crippen LogP contribution in [0.1, 0.15) is 42.5 Å². The van der Waals surface area contributed by atoms with Gasteiger partial charge in [-0.05, 0) is 48.8 Å². The Labute approximate surface area is 194 Å². The van der Waals surface area contributed by atoms with E-state index in [9.17, 15) is 31.5 Å². The SMILES string of the molecule is O=C(Nc1cc(F)c(F)c(F)c1)c1ccc(Cl)c(S(=O)(=O)CC2C3CCC[C@H]2CC(O)C3)c1. The van der Waals surface area contributed by atoms with Gasteiger partial charge in [0.05, 0.1) is 21.8 Å². The minimum absolute atomic E-state index is 0.0357. The fourth-order valence-corrected chi connectivity index (χ4v) is 7.54. The summed E-state index contributed by atoms with van der Waals surface area (Å²) in [6, 6.07) is 4.95. The summed E-state index contributed by atoms with van der Waals surface area (Å²) < 4.78 is 66.6. The van der Waals surface area contributed by atoms with Crippen LogP contribution in [0, 0.1) is 35.2 Å². The molecule has 10 heteroatoms. The molecule has 2 fully saturated rings. The first-order chi connectivity index (χ1) is 15.5. The molecule has 0 aromatic heterocycles. The van der Waals surface area contributed by atoms with Gasteiger partial charge >= 0.3 is 0 Å². The molecule has 2 aromatic carbocycles. The number of fused-ring (bicyclic) bond motifs is 2. The Morgan fingerprint density at radius 2 is 1.67 bits per heavy atom. The normalized spacial score (nSPS) is 25.0. The largest absolute Gasteiger partial charge is 0.393 e. The van der Waals surface area contributed by atoms with Crippen molar-refractivity contribution in [3.63, 3.8) is 0 Å². The third-order valence-corrected chi connectivity index (χ3v) is 8.97. The Morgan fingerprint density at radius 1 is 1.06 bits per heavy atom. The van der Waals surface area contributed by atoms with E-state index in [-0.39, 0.29) is 44.7 Å². The summed E-state index contributed by atoms with van der Waals surface area (Å²) in [5.41, 5.74) is -0.397.